The lowest BCUT2D eigenvalue weighted by atomic mass is 9.96. The van der Waals surface area contributed by atoms with Gasteiger partial charge in [-0.2, -0.15) is 0 Å². The van der Waals surface area contributed by atoms with Crippen molar-refractivity contribution < 1.29 is 24.3 Å². The molecule has 1 aliphatic heterocycles. The van der Waals surface area contributed by atoms with E-state index in [1.165, 1.54) is 17.2 Å². The zero-order chi connectivity index (χ0) is 44.5. The number of pyridine rings is 2. The first kappa shape index (κ1) is 43.4. The van der Waals surface area contributed by atoms with E-state index in [9.17, 15) is 24.3 Å². The summed E-state index contributed by atoms with van der Waals surface area (Å²) in [4.78, 5) is 61.2. The predicted octanol–water partition coefficient (Wildman–Crippen LogP) is 9.49. The molecule has 0 bridgehead atoms. The number of hydrogen-bond acceptors (Lipinski definition) is 6. The van der Waals surface area contributed by atoms with E-state index in [-0.39, 0.29) is 23.3 Å². The molecule has 0 aliphatic carbocycles. The van der Waals surface area contributed by atoms with E-state index in [1.54, 1.807) is 30.6 Å². The van der Waals surface area contributed by atoms with Crippen molar-refractivity contribution in [2.45, 2.75) is 53.8 Å². The summed E-state index contributed by atoms with van der Waals surface area (Å²) in [7, 11) is 0. The molecule has 0 saturated carbocycles. The normalized spacial score (nSPS) is 11.7. The van der Waals surface area contributed by atoms with E-state index in [0.29, 0.717) is 48.4 Å². The predicted molar refractivity (Wildman–Crippen MR) is 245 cm³/mol. The molecular weight excluding hydrogens is 787 g/mol. The van der Waals surface area contributed by atoms with Gasteiger partial charge in [0.15, 0.2) is 0 Å². The van der Waals surface area contributed by atoms with Gasteiger partial charge in [-0.25, -0.2) is 4.79 Å². The molecule has 1 aliphatic rings. The third-order valence-corrected chi connectivity index (χ3v) is 10.9. The smallest absolute Gasteiger partial charge is 0.335 e. The Morgan fingerprint density at radius 1 is 0.540 bits per heavy atom. The first-order valence-corrected chi connectivity index (χ1v) is 20.8. The summed E-state index contributed by atoms with van der Waals surface area (Å²) in [6.45, 7) is 9.77. The second kappa shape index (κ2) is 19.8. The van der Waals surface area contributed by atoms with Crippen molar-refractivity contribution in [3.8, 4) is 22.3 Å². The number of aromatic nitrogens is 2. The highest BCUT2D eigenvalue weighted by molar-refractivity contribution is 6.02. The minimum absolute atomic E-state index is 0.0600. The Balaban J connectivity index is 0.000000197. The molecule has 3 amide bonds. The molecule has 0 radical (unpaired) electrons. The molecule has 0 fully saturated rings. The molecule has 2 aromatic heterocycles. The summed E-state index contributed by atoms with van der Waals surface area (Å²) in [5.41, 5.74) is 13.1. The Morgan fingerprint density at radius 2 is 1.00 bits per heavy atom. The summed E-state index contributed by atoms with van der Waals surface area (Å²) in [6.07, 6.45) is 4.31. The van der Waals surface area contributed by atoms with Crippen LogP contribution in [0.3, 0.4) is 0 Å². The van der Waals surface area contributed by atoms with Crippen LogP contribution >= 0.6 is 0 Å². The topological polar surface area (TPSA) is 142 Å². The molecule has 3 heterocycles. The maximum atomic E-state index is 13.6. The molecule has 0 spiro atoms. The number of rotatable bonds is 10. The molecular formula is C53H49N5O5. The van der Waals surface area contributed by atoms with Gasteiger partial charge in [0.25, 0.3) is 17.7 Å². The first-order chi connectivity index (χ1) is 30.4. The third-order valence-electron chi connectivity index (χ3n) is 10.9. The van der Waals surface area contributed by atoms with Crippen LogP contribution in [-0.4, -0.2) is 50.2 Å². The van der Waals surface area contributed by atoms with Gasteiger partial charge in [0.1, 0.15) is 0 Å². The quantitative estimate of drug-likeness (QED) is 0.125. The van der Waals surface area contributed by atoms with E-state index in [1.807, 2.05) is 130 Å². The Hall–Kier alpha value is -7.72. The van der Waals surface area contributed by atoms with Crippen LogP contribution in [0.15, 0.2) is 146 Å². The van der Waals surface area contributed by atoms with Crippen LogP contribution in [0.5, 0.6) is 0 Å². The zero-order valence-electron chi connectivity index (χ0n) is 35.8. The molecule has 63 heavy (non-hydrogen) atoms. The lowest BCUT2D eigenvalue weighted by Crippen LogP contribution is -2.36. The van der Waals surface area contributed by atoms with Crippen molar-refractivity contribution in [2.75, 3.05) is 6.54 Å². The van der Waals surface area contributed by atoms with E-state index in [2.05, 4.69) is 32.7 Å². The Bertz CT molecular complexity index is 2770. The minimum Gasteiger partial charge on any atom is -0.478 e. The van der Waals surface area contributed by atoms with Crippen LogP contribution in [0.25, 0.3) is 22.3 Å². The Labute approximate surface area is 367 Å². The zero-order valence-corrected chi connectivity index (χ0v) is 35.8. The fourth-order valence-corrected chi connectivity index (χ4v) is 7.22. The molecule has 0 atom stereocenters. The van der Waals surface area contributed by atoms with Crippen LogP contribution in [0.1, 0.15) is 86.2 Å². The number of amides is 3. The van der Waals surface area contributed by atoms with Gasteiger partial charge in [0.05, 0.1) is 5.56 Å². The van der Waals surface area contributed by atoms with Crippen molar-refractivity contribution in [1.29, 1.82) is 0 Å². The molecule has 3 N–H and O–H groups in total. The number of nitrogens with zero attached hydrogens (tertiary/aromatic N) is 3. The number of carboxylic acids is 1. The number of aryl methyl sites for hydroxylation is 4. The average Bonchev–Trinajstić information content (AvgIpc) is 3.31. The fourth-order valence-electron chi connectivity index (χ4n) is 7.22. The van der Waals surface area contributed by atoms with Gasteiger partial charge in [-0.15, -0.1) is 0 Å². The van der Waals surface area contributed by atoms with Crippen molar-refractivity contribution in [2.24, 2.45) is 0 Å². The van der Waals surface area contributed by atoms with Crippen LogP contribution < -0.4 is 10.6 Å². The number of aromatic carboxylic acids is 1. The Kier molecular flexibility index (Phi) is 13.6. The van der Waals surface area contributed by atoms with E-state index in [0.717, 1.165) is 56.8 Å². The van der Waals surface area contributed by atoms with Crippen molar-refractivity contribution in [3.05, 3.63) is 213 Å². The SMILES string of the molecule is Cc1ccc(-c2cc(C(=O)NCc3ccc(C)nc3)cc(C(=O)N3CCc4ccccc4C3)c2)cc1.Cc1ccc(-c2cc(C(=O)O)cc(C(=O)NCc3ccc(C)nc3)c2)cc1. The lowest BCUT2D eigenvalue weighted by molar-refractivity contribution is 0.0694. The molecule has 316 valence electrons. The molecule has 5 aromatic carbocycles. The second-order valence-corrected chi connectivity index (χ2v) is 15.9. The van der Waals surface area contributed by atoms with E-state index in [4.69, 9.17) is 0 Å². The molecule has 8 rings (SSSR count). The van der Waals surface area contributed by atoms with Gasteiger partial charge < -0.3 is 20.6 Å². The summed E-state index contributed by atoms with van der Waals surface area (Å²) >= 11 is 0. The minimum atomic E-state index is -1.07. The summed E-state index contributed by atoms with van der Waals surface area (Å²) in [5, 5.41) is 15.2. The van der Waals surface area contributed by atoms with Gasteiger partial charge in [-0.1, -0.05) is 96.1 Å². The van der Waals surface area contributed by atoms with E-state index >= 15 is 0 Å². The average molecular weight is 836 g/mol. The van der Waals surface area contributed by atoms with Gasteiger partial charge in [-0.3, -0.25) is 24.4 Å². The summed E-state index contributed by atoms with van der Waals surface area (Å²) in [6, 6.07) is 41.9. The lowest BCUT2D eigenvalue weighted by Gasteiger charge is -2.29. The van der Waals surface area contributed by atoms with Crippen molar-refractivity contribution >= 4 is 23.7 Å². The second-order valence-electron chi connectivity index (χ2n) is 15.9. The fraction of sp³-hybridized carbons (Fsp3) is 0.170. The molecule has 0 saturated heterocycles. The summed E-state index contributed by atoms with van der Waals surface area (Å²) in [5.74, 6) is -1.68. The number of nitrogens with one attached hydrogen (secondary N) is 2. The van der Waals surface area contributed by atoms with Crippen molar-refractivity contribution in [1.82, 2.24) is 25.5 Å². The number of carboxylic acid groups (broad SMARTS) is 1. The number of hydrogen-bond donors (Lipinski definition) is 3. The van der Waals surface area contributed by atoms with Gasteiger partial charge in [0.2, 0.25) is 0 Å². The molecule has 10 heteroatoms. The highest BCUT2D eigenvalue weighted by Gasteiger charge is 2.23. The maximum absolute atomic E-state index is 13.6. The first-order valence-electron chi connectivity index (χ1n) is 20.8. The van der Waals surface area contributed by atoms with Crippen LogP contribution in [-0.2, 0) is 26.1 Å². The number of fused-ring (bicyclic) bond motifs is 1. The monoisotopic (exact) mass is 835 g/mol. The third kappa shape index (κ3) is 11.4. The van der Waals surface area contributed by atoms with Crippen LogP contribution in [0.4, 0.5) is 0 Å². The molecule has 10 nitrogen and oxygen atoms in total. The highest BCUT2D eigenvalue weighted by atomic mass is 16.4. The summed E-state index contributed by atoms with van der Waals surface area (Å²) < 4.78 is 0. The standard InChI is InChI=1S/C31H29N3O2.C22H20N2O3/c1-21-7-11-25(12-8-21)27-15-28(30(35)33-19-23-10-9-22(2)32-18-23)17-29(16-27)31(36)34-14-13-24-5-3-4-6-26(24)20-34;1-14-3-7-17(8-4-14)18-9-19(11-20(10-18)22(26)27)21(25)24-13-16-6-5-15(2)23-12-16/h3-12,15-18H,13-14,19-20H2,1-2H3,(H,33,35);3-12H,13H2,1-2H3,(H,24,25)(H,26,27). The Morgan fingerprint density at radius 3 is 1.48 bits per heavy atom. The number of carbonyl (C=O) groups is 4. The molecule has 0 unspecified atom stereocenters. The maximum Gasteiger partial charge on any atom is 0.335 e. The van der Waals surface area contributed by atoms with E-state index < -0.39 is 5.97 Å². The highest BCUT2D eigenvalue weighted by Crippen LogP contribution is 2.27. The van der Waals surface area contributed by atoms with Crippen molar-refractivity contribution in [3.63, 3.8) is 0 Å². The van der Waals surface area contributed by atoms with Crippen LogP contribution in [0, 0.1) is 27.7 Å². The van der Waals surface area contributed by atoms with Gasteiger partial charge in [-0.05, 0) is 127 Å². The van der Waals surface area contributed by atoms with Gasteiger partial charge >= 0.3 is 5.97 Å². The largest absolute Gasteiger partial charge is 0.478 e. The number of benzene rings is 5. The van der Waals surface area contributed by atoms with Crippen LogP contribution in [0.2, 0.25) is 0 Å². The van der Waals surface area contributed by atoms with Gasteiger partial charge in [0, 0.05) is 66.7 Å². The number of carbonyl (C=O) groups excluding carboxylic acids is 3. The molecule has 7 aromatic rings.